The standard InChI is InChI=1S/C16H22F2NO.Ti/c1-5-6-7-11(2)16(3,4)15(20)19-14-9-8-12(17)10-13(14)18;/h8-9,11H,5-7H2,1-4H3,(H,19,20);. The summed E-state index contributed by atoms with van der Waals surface area (Å²) in [5, 5.41) is 2.60. The molecule has 0 aromatic heterocycles. The molecule has 115 valence electrons. The van der Waals surface area contributed by atoms with E-state index in [0.29, 0.717) is 0 Å². The van der Waals surface area contributed by atoms with Crippen molar-refractivity contribution in [2.45, 2.75) is 47.0 Å². The van der Waals surface area contributed by atoms with E-state index in [1.165, 1.54) is 32.6 Å². The molecule has 1 aromatic carbocycles. The topological polar surface area (TPSA) is 29.1 Å². The zero-order valence-corrected chi connectivity index (χ0v) is 14.6. The van der Waals surface area contributed by atoms with E-state index >= 15 is 0 Å². The first-order valence-electron chi connectivity index (χ1n) is 7.22. The van der Waals surface area contributed by atoms with Crippen molar-refractivity contribution >= 4 is 15.5 Å². The maximum atomic E-state index is 14.0. The minimum atomic E-state index is -0.708. The summed E-state index contributed by atoms with van der Waals surface area (Å²) in [6.07, 6.45) is 3.08. The van der Waals surface area contributed by atoms with Crippen LogP contribution in [-0.2, 0) is 25.2 Å². The van der Waals surface area contributed by atoms with E-state index in [9.17, 15) is 13.6 Å². The Hall–Kier alpha value is -0.736. The van der Waals surface area contributed by atoms with Crippen LogP contribution < -0.4 is 9.18 Å². The second-order valence-corrected chi connectivity index (χ2v) is 6.78. The van der Waals surface area contributed by atoms with Crippen LogP contribution in [0.1, 0.15) is 47.0 Å². The molecular formula is C16H22F2NOTi. The van der Waals surface area contributed by atoms with Gasteiger partial charge in [0.25, 0.3) is 0 Å². The average Bonchev–Trinajstić information content (AvgIpc) is 2.44. The first kappa shape index (κ1) is 18.3. The van der Waals surface area contributed by atoms with E-state index in [1.807, 2.05) is 20.8 Å². The van der Waals surface area contributed by atoms with Gasteiger partial charge in [-0.05, 0) is 0 Å². The van der Waals surface area contributed by atoms with E-state index in [4.69, 9.17) is 0 Å². The van der Waals surface area contributed by atoms with E-state index in [1.54, 1.807) is 0 Å². The Morgan fingerprint density at radius 2 is 2.00 bits per heavy atom. The van der Waals surface area contributed by atoms with Gasteiger partial charge in [-0.15, -0.1) is 0 Å². The number of carbonyl (C=O) groups excluding carboxylic acids is 1. The van der Waals surface area contributed by atoms with Crippen LogP contribution in [0.5, 0.6) is 0 Å². The zero-order valence-electron chi connectivity index (χ0n) is 13.0. The number of hydrogen-bond donors (Lipinski definition) is 1. The number of hydrogen-bond acceptors (Lipinski definition) is 1. The van der Waals surface area contributed by atoms with Gasteiger partial charge in [0.05, 0.1) is 0 Å². The monoisotopic (exact) mass is 330 g/mol. The van der Waals surface area contributed by atoms with Gasteiger partial charge in [-0.25, -0.2) is 0 Å². The second-order valence-electron chi connectivity index (χ2n) is 6.00. The molecular weight excluding hydrogens is 308 g/mol. The Kier molecular flexibility index (Phi) is 6.54. The van der Waals surface area contributed by atoms with Crippen LogP contribution in [0.2, 0.25) is 0 Å². The van der Waals surface area contributed by atoms with Gasteiger partial charge in [0, 0.05) is 0 Å². The molecule has 0 bridgehead atoms. The third-order valence-electron chi connectivity index (χ3n) is 4.15. The molecule has 0 spiro atoms. The normalized spacial score (nSPS) is 13.0. The summed E-state index contributed by atoms with van der Waals surface area (Å²) in [6, 6.07) is 2.43. The summed E-state index contributed by atoms with van der Waals surface area (Å²) < 4.78 is 27.1. The van der Waals surface area contributed by atoms with Crippen LogP contribution in [0.15, 0.2) is 12.1 Å². The van der Waals surface area contributed by atoms with Gasteiger partial charge in [0.1, 0.15) is 0 Å². The Bertz CT molecular complexity index is 517. The SMILES string of the molecule is CCCCC(C)C(C)(C)C(=O)Nc1ccc(F)[c]([Ti])c1F. The Morgan fingerprint density at radius 3 is 2.57 bits per heavy atom. The van der Waals surface area contributed by atoms with Crippen LogP contribution in [0.3, 0.4) is 0 Å². The van der Waals surface area contributed by atoms with Gasteiger partial charge in [-0.2, -0.15) is 0 Å². The predicted octanol–water partition coefficient (Wildman–Crippen LogP) is 3.93. The van der Waals surface area contributed by atoms with E-state index in [-0.39, 0.29) is 21.4 Å². The third-order valence-corrected chi connectivity index (χ3v) is 4.86. The Morgan fingerprint density at radius 1 is 1.38 bits per heavy atom. The molecule has 2 nitrogen and oxygen atoms in total. The van der Waals surface area contributed by atoms with Crippen molar-refractivity contribution in [2.24, 2.45) is 11.3 Å². The van der Waals surface area contributed by atoms with Gasteiger partial charge < -0.3 is 0 Å². The third kappa shape index (κ3) is 4.37. The molecule has 1 rings (SSSR count). The fourth-order valence-corrected chi connectivity index (χ4v) is 2.37. The molecule has 5 heteroatoms. The number of carbonyl (C=O) groups is 1. The summed E-state index contributed by atoms with van der Waals surface area (Å²) in [4.78, 5) is 12.4. The number of amides is 1. The molecule has 0 radical (unpaired) electrons. The number of nitrogens with one attached hydrogen (secondary N) is 1. The van der Waals surface area contributed by atoms with Crippen LogP contribution in [0.25, 0.3) is 0 Å². The van der Waals surface area contributed by atoms with Crippen molar-refractivity contribution in [2.75, 3.05) is 5.32 Å². The minimum absolute atomic E-state index is 0.0367. The van der Waals surface area contributed by atoms with E-state index in [2.05, 4.69) is 12.2 Å². The maximum absolute atomic E-state index is 14.0. The van der Waals surface area contributed by atoms with Crippen LogP contribution >= 0.6 is 0 Å². The molecule has 1 atom stereocenters. The van der Waals surface area contributed by atoms with Gasteiger partial charge in [0.15, 0.2) is 0 Å². The number of rotatable bonds is 6. The molecule has 21 heavy (non-hydrogen) atoms. The van der Waals surface area contributed by atoms with Crippen molar-refractivity contribution in [3.8, 4) is 0 Å². The molecule has 1 unspecified atom stereocenters. The molecule has 0 heterocycles. The summed E-state index contributed by atoms with van der Waals surface area (Å²) in [6.45, 7) is 7.85. The molecule has 0 aliphatic rings. The zero-order chi connectivity index (χ0) is 16.2. The second kappa shape index (κ2) is 7.50. The Balaban J connectivity index is 2.87. The fourth-order valence-electron chi connectivity index (χ4n) is 2.03. The molecule has 0 saturated heterocycles. The quantitative estimate of drug-likeness (QED) is 0.787. The summed E-state index contributed by atoms with van der Waals surface area (Å²) in [5.41, 5.74) is -0.571. The van der Waals surface area contributed by atoms with Crippen LogP contribution in [0, 0.1) is 23.0 Å². The molecule has 0 fully saturated rings. The van der Waals surface area contributed by atoms with Gasteiger partial charge in [0.2, 0.25) is 0 Å². The van der Waals surface area contributed by atoms with E-state index < -0.39 is 17.0 Å². The fraction of sp³-hybridized carbons (Fsp3) is 0.562. The number of halogens is 2. The predicted molar refractivity (Wildman–Crippen MR) is 77.1 cm³/mol. The van der Waals surface area contributed by atoms with Gasteiger partial charge >= 0.3 is 137 Å². The summed E-state index contributed by atoms with van der Waals surface area (Å²) in [7, 11) is 0. The molecule has 0 aliphatic heterocycles. The molecule has 1 aromatic rings. The van der Waals surface area contributed by atoms with Crippen LogP contribution in [0.4, 0.5) is 14.5 Å². The first-order valence-corrected chi connectivity index (χ1v) is 8.00. The van der Waals surface area contributed by atoms with Gasteiger partial charge in [-0.3, -0.25) is 0 Å². The van der Waals surface area contributed by atoms with Crippen LogP contribution in [-0.4, -0.2) is 5.91 Å². The Labute approximate surface area is 137 Å². The number of unbranched alkanes of at least 4 members (excludes halogenated alkanes) is 1. The van der Waals surface area contributed by atoms with Crippen molar-refractivity contribution in [3.63, 3.8) is 0 Å². The van der Waals surface area contributed by atoms with E-state index in [0.717, 1.165) is 19.3 Å². The average molecular weight is 330 g/mol. The summed E-state index contributed by atoms with van der Waals surface area (Å²) in [5.74, 6) is -1.38. The molecule has 0 aliphatic carbocycles. The first-order chi connectivity index (χ1) is 9.71. The molecule has 0 saturated carbocycles. The molecule has 1 amide bonds. The van der Waals surface area contributed by atoms with Crippen molar-refractivity contribution in [3.05, 3.63) is 23.8 Å². The van der Waals surface area contributed by atoms with Crippen molar-refractivity contribution in [1.82, 2.24) is 0 Å². The molecule has 1 N–H and O–H groups in total. The van der Waals surface area contributed by atoms with Crippen molar-refractivity contribution < 1.29 is 34.0 Å². The van der Waals surface area contributed by atoms with Crippen molar-refractivity contribution in [1.29, 1.82) is 0 Å². The van der Waals surface area contributed by atoms with Gasteiger partial charge in [-0.1, -0.05) is 0 Å². The summed E-state index contributed by atoms with van der Waals surface area (Å²) >= 11 is 1.36. The number of benzene rings is 1. The number of anilines is 1.